The highest BCUT2D eigenvalue weighted by Crippen LogP contribution is 2.17. The molecule has 0 saturated carbocycles. The summed E-state index contributed by atoms with van der Waals surface area (Å²) in [5.41, 5.74) is 0. The average molecular weight is 220 g/mol. The maximum Gasteiger partial charge on any atom is 0.267 e. The smallest absolute Gasteiger partial charge is 0.267 e. The molecule has 0 spiro atoms. The van der Waals surface area contributed by atoms with Crippen LogP contribution in [0.5, 0.6) is 0 Å². The molecule has 1 aliphatic heterocycles. The average Bonchev–Trinajstić information content (AvgIpc) is 2.44. The summed E-state index contributed by atoms with van der Waals surface area (Å²) in [5, 5.41) is 0. The molecule has 0 fully saturated rings. The van der Waals surface area contributed by atoms with Crippen molar-refractivity contribution in [1.82, 2.24) is 9.80 Å². The molecule has 6 heteroatoms. The summed E-state index contributed by atoms with van der Waals surface area (Å²) in [5.74, 6) is 0. The first-order chi connectivity index (χ1) is 6.48. The van der Waals surface area contributed by atoms with Crippen LogP contribution in [-0.4, -0.2) is 43.9 Å². The van der Waals surface area contributed by atoms with E-state index in [4.69, 9.17) is 4.18 Å². The fourth-order valence-corrected chi connectivity index (χ4v) is 1.83. The second-order valence-corrected chi connectivity index (χ2v) is 4.69. The molecule has 14 heavy (non-hydrogen) atoms. The van der Waals surface area contributed by atoms with Gasteiger partial charge in [0.2, 0.25) is 6.35 Å². The topological polar surface area (TPSA) is 49.9 Å². The van der Waals surface area contributed by atoms with Crippen molar-refractivity contribution in [3.63, 3.8) is 0 Å². The third kappa shape index (κ3) is 2.62. The molecule has 0 N–H and O–H groups in total. The highest BCUT2D eigenvalue weighted by atomic mass is 32.2. The van der Waals surface area contributed by atoms with Crippen LogP contribution in [0.3, 0.4) is 0 Å². The van der Waals surface area contributed by atoms with Gasteiger partial charge in [0.15, 0.2) is 0 Å². The molecule has 0 aromatic carbocycles. The Kier molecular flexibility index (Phi) is 3.38. The van der Waals surface area contributed by atoms with Crippen molar-refractivity contribution >= 4 is 10.1 Å². The van der Waals surface area contributed by atoms with Crippen molar-refractivity contribution < 1.29 is 12.6 Å². The number of rotatable bonds is 4. The summed E-state index contributed by atoms with van der Waals surface area (Å²) in [6.45, 7) is 5.32. The van der Waals surface area contributed by atoms with Gasteiger partial charge >= 0.3 is 0 Å². The van der Waals surface area contributed by atoms with Crippen molar-refractivity contribution in [3.05, 3.63) is 12.4 Å². The maximum absolute atomic E-state index is 11.0. The van der Waals surface area contributed by atoms with Gasteiger partial charge in [-0.15, -0.1) is 0 Å². The van der Waals surface area contributed by atoms with Crippen molar-refractivity contribution in [1.29, 1.82) is 0 Å². The SMILES string of the molecule is CCN1C=CN(CC)C1OS(C)(=O)=O. The van der Waals surface area contributed by atoms with Gasteiger partial charge in [-0.05, 0) is 13.8 Å². The molecule has 0 aromatic rings. The first kappa shape index (κ1) is 11.3. The highest BCUT2D eigenvalue weighted by molar-refractivity contribution is 7.86. The Hall–Kier alpha value is -0.750. The van der Waals surface area contributed by atoms with Crippen molar-refractivity contribution in [3.8, 4) is 0 Å². The molecule has 1 aliphatic rings. The molecule has 0 saturated heterocycles. The van der Waals surface area contributed by atoms with Gasteiger partial charge in [-0.2, -0.15) is 8.42 Å². The predicted octanol–water partition coefficient (Wildman–Crippen LogP) is 0.375. The number of nitrogens with zero attached hydrogens (tertiary/aromatic N) is 2. The summed E-state index contributed by atoms with van der Waals surface area (Å²) in [4.78, 5) is 3.65. The Balaban J connectivity index is 2.73. The van der Waals surface area contributed by atoms with Crippen molar-refractivity contribution in [2.45, 2.75) is 20.2 Å². The lowest BCUT2D eigenvalue weighted by Crippen LogP contribution is -2.41. The fraction of sp³-hybridized carbons (Fsp3) is 0.750. The van der Waals surface area contributed by atoms with Gasteiger partial charge in [0, 0.05) is 25.5 Å². The minimum Gasteiger partial charge on any atom is -0.333 e. The second-order valence-electron chi connectivity index (χ2n) is 3.09. The van der Waals surface area contributed by atoms with E-state index in [1.54, 1.807) is 0 Å². The van der Waals surface area contributed by atoms with Crippen molar-refractivity contribution in [2.75, 3.05) is 19.3 Å². The van der Waals surface area contributed by atoms with Crippen LogP contribution in [0.4, 0.5) is 0 Å². The zero-order valence-electron chi connectivity index (χ0n) is 8.67. The highest BCUT2D eigenvalue weighted by Gasteiger charge is 2.28. The van der Waals surface area contributed by atoms with Crippen molar-refractivity contribution in [2.24, 2.45) is 0 Å². The zero-order valence-corrected chi connectivity index (χ0v) is 9.49. The van der Waals surface area contributed by atoms with Crippen LogP contribution in [-0.2, 0) is 14.3 Å². The fourth-order valence-electron chi connectivity index (χ4n) is 1.30. The van der Waals surface area contributed by atoms with Gasteiger partial charge in [0.25, 0.3) is 10.1 Å². The molecule has 0 unspecified atom stereocenters. The maximum atomic E-state index is 11.0. The molecule has 1 rings (SSSR count). The minimum atomic E-state index is -3.42. The molecule has 0 amide bonds. The lowest BCUT2D eigenvalue weighted by atomic mass is 10.6. The van der Waals surface area contributed by atoms with E-state index in [2.05, 4.69) is 0 Å². The second kappa shape index (κ2) is 4.18. The van der Waals surface area contributed by atoms with Gasteiger partial charge in [0.1, 0.15) is 0 Å². The van der Waals surface area contributed by atoms with Crippen LogP contribution in [0.15, 0.2) is 12.4 Å². The standard InChI is InChI=1S/C8H16N2O3S/c1-4-9-6-7-10(5-2)8(9)13-14(3,11)12/h6-8H,4-5H2,1-3H3. The van der Waals surface area contributed by atoms with E-state index in [9.17, 15) is 8.42 Å². The van der Waals surface area contributed by atoms with Crippen LogP contribution >= 0.6 is 0 Å². The summed E-state index contributed by atoms with van der Waals surface area (Å²) in [7, 11) is -3.42. The Morgan fingerprint density at radius 1 is 1.21 bits per heavy atom. The first-order valence-electron chi connectivity index (χ1n) is 4.56. The molecule has 82 valence electrons. The van der Waals surface area contributed by atoms with E-state index in [1.807, 2.05) is 36.0 Å². The normalized spacial score (nSPS) is 18.2. The first-order valence-corrected chi connectivity index (χ1v) is 6.37. The Bertz CT molecular complexity index is 299. The van der Waals surface area contributed by atoms with Crippen LogP contribution in [0, 0.1) is 0 Å². The number of hydrogen-bond acceptors (Lipinski definition) is 5. The molecule has 0 radical (unpaired) electrons. The van der Waals surface area contributed by atoms with Gasteiger partial charge in [-0.3, -0.25) is 0 Å². The third-order valence-corrected chi connectivity index (χ3v) is 2.53. The largest absolute Gasteiger partial charge is 0.333 e. The summed E-state index contributed by atoms with van der Waals surface area (Å²) < 4.78 is 27.0. The molecule has 0 aliphatic carbocycles. The molecule has 0 bridgehead atoms. The van der Waals surface area contributed by atoms with E-state index in [1.165, 1.54) is 0 Å². The number of hydrogen-bond donors (Lipinski definition) is 0. The van der Waals surface area contributed by atoms with Gasteiger partial charge < -0.3 is 9.80 Å². The Labute approximate surface area is 85.1 Å². The molecular weight excluding hydrogens is 204 g/mol. The van der Waals surface area contributed by atoms with E-state index >= 15 is 0 Å². The lowest BCUT2D eigenvalue weighted by Gasteiger charge is -2.29. The summed E-state index contributed by atoms with van der Waals surface area (Å²) in [6.07, 6.45) is 4.21. The molecule has 0 aromatic heterocycles. The van der Waals surface area contributed by atoms with Gasteiger partial charge in [-0.25, -0.2) is 4.18 Å². The third-order valence-electron chi connectivity index (χ3n) is 2.01. The van der Waals surface area contributed by atoms with Gasteiger partial charge in [-0.1, -0.05) is 0 Å². The van der Waals surface area contributed by atoms with E-state index in [0.29, 0.717) is 13.1 Å². The Morgan fingerprint density at radius 3 is 1.93 bits per heavy atom. The lowest BCUT2D eigenvalue weighted by molar-refractivity contribution is -0.0151. The molecular formula is C8H16N2O3S. The Morgan fingerprint density at radius 2 is 1.64 bits per heavy atom. The molecule has 5 nitrogen and oxygen atoms in total. The van der Waals surface area contributed by atoms with Crippen LogP contribution in [0.25, 0.3) is 0 Å². The van der Waals surface area contributed by atoms with E-state index in [0.717, 1.165) is 6.26 Å². The molecule has 0 atom stereocenters. The summed E-state index contributed by atoms with van der Waals surface area (Å²) >= 11 is 0. The van der Waals surface area contributed by atoms with Crippen LogP contribution in [0.1, 0.15) is 13.8 Å². The van der Waals surface area contributed by atoms with E-state index < -0.39 is 16.5 Å². The van der Waals surface area contributed by atoms with Crippen LogP contribution in [0.2, 0.25) is 0 Å². The summed E-state index contributed by atoms with van der Waals surface area (Å²) in [6, 6.07) is 0. The predicted molar refractivity (Wildman–Crippen MR) is 53.6 cm³/mol. The van der Waals surface area contributed by atoms with Gasteiger partial charge in [0.05, 0.1) is 6.26 Å². The quantitative estimate of drug-likeness (QED) is 0.641. The zero-order chi connectivity index (χ0) is 10.8. The van der Waals surface area contributed by atoms with E-state index in [-0.39, 0.29) is 0 Å². The monoisotopic (exact) mass is 220 g/mol. The molecule has 1 heterocycles. The minimum absolute atomic E-state index is 0.514. The van der Waals surface area contributed by atoms with Crippen LogP contribution < -0.4 is 0 Å².